The fourth-order valence-electron chi connectivity index (χ4n) is 1.95. The zero-order valence-electron chi connectivity index (χ0n) is 10.5. The molecule has 1 aromatic rings. The Balaban J connectivity index is 2.94. The van der Waals surface area contributed by atoms with E-state index in [2.05, 4.69) is 43.6 Å². The topological polar surface area (TPSA) is 17.1 Å². The molecule has 0 aromatic heterocycles. The van der Waals surface area contributed by atoms with Gasteiger partial charge in [-0.25, -0.2) is 0 Å². The maximum atomic E-state index is 11.3. The lowest BCUT2D eigenvalue weighted by atomic mass is 10.3. The predicted molar refractivity (Wildman–Crippen MR) is 76.2 cm³/mol. The first-order valence-electron chi connectivity index (χ1n) is 5.56. The van der Waals surface area contributed by atoms with Crippen molar-refractivity contribution in [3.63, 3.8) is 0 Å². The van der Waals surface area contributed by atoms with Crippen LogP contribution in [0.25, 0.3) is 0 Å². The van der Waals surface area contributed by atoms with Crippen molar-refractivity contribution in [1.29, 1.82) is 0 Å². The summed E-state index contributed by atoms with van der Waals surface area (Å²) in [6.45, 7) is 6.40. The molecule has 0 amide bonds. The van der Waals surface area contributed by atoms with E-state index >= 15 is 0 Å². The Labute approximate surface area is 104 Å². The highest BCUT2D eigenvalue weighted by molar-refractivity contribution is 8.01. The van der Waals surface area contributed by atoms with E-state index in [-0.39, 0.29) is 0 Å². The van der Waals surface area contributed by atoms with Gasteiger partial charge in [0.05, 0.1) is 8.07 Å². The maximum absolute atomic E-state index is 11.3. The minimum atomic E-state index is -1.53. The highest BCUT2D eigenvalue weighted by Gasteiger charge is 2.33. The first kappa shape index (κ1) is 13.5. The normalized spacial score (nSPS) is 13.5. The van der Waals surface area contributed by atoms with Gasteiger partial charge in [0.1, 0.15) is 5.78 Å². The van der Waals surface area contributed by atoms with E-state index in [0.717, 1.165) is 0 Å². The van der Waals surface area contributed by atoms with E-state index in [1.807, 2.05) is 17.8 Å². The average molecular weight is 252 g/mol. The molecule has 1 rings (SSSR count). The zero-order chi connectivity index (χ0) is 12.2. The van der Waals surface area contributed by atoms with Gasteiger partial charge in [-0.3, -0.25) is 4.79 Å². The van der Waals surface area contributed by atoms with Crippen LogP contribution in [0.4, 0.5) is 0 Å². The molecule has 0 N–H and O–H groups in total. The quantitative estimate of drug-likeness (QED) is 0.750. The monoisotopic (exact) mass is 252 g/mol. The van der Waals surface area contributed by atoms with Gasteiger partial charge in [-0.05, 0) is 13.2 Å². The van der Waals surface area contributed by atoms with E-state index in [0.29, 0.717) is 17.1 Å². The lowest BCUT2D eigenvalue weighted by Crippen LogP contribution is -2.51. The second kappa shape index (κ2) is 5.69. The molecule has 0 saturated carbocycles. The SMILES string of the molecule is CSC(CC(C)=O)[Si](C)(C)c1ccccc1. The van der Waals surface area contributed by atoms with Gasteiger partial charge in [0.25, 0.3) is 0 Å². The van der Waals surface area contributed by atoms with E-state index in [1.165, 1.54) is 5.19 Å². The van der Waals surface area contributed by atoms with Gasteiger partial charge in [-0.2, -0.15) is 11.8 Å². The van der Waals surface area contributed by atoms with Crippen molar-refractivity contribution in [3.05, 3.63) is 30.3 Å². The smallest absolute Gasteiger partial charge is 0.130 e. The van der Waals surface area contributed by atoms with Gasteiger partial charge >= 0.3 is 0 Å². The molecule has 0 aliphatic rings. The summed E-state index contributed by atoms with van der Waals surface area (Å²) in [5.41, 5.74) is 0. The Morgan fingerprint density at radius 2 is 1.88 bits per heavy atom. The zero-order valence-corrected chi connectivity index (χ0v) is 12.3. The minimum Gasteiger partial charge on any atom is -0.300 e. The molecule has 1 unspecified atom stereocenters. The lowest BCUT2D eigenvalue weighted by molar-refractivity contribution is -0.116. The second-order valence-corrected chi connectivity index (χ2v) is 10.9. The number of rotatable bonds is 5. The van der Waals surface area contributed by atoms with Crippen LogP contribution in [-0.2, 0) is 4.79 Å². The van der Waals surface area contributed by atoms with Crippen LogP contribution >= 0.6 is 11.8 Å². The number of ketones is 1. The van der Waals surface area contributed by atoms with Crippen molar-refractivity contribution in [3.8, 4) is 0 Å². The number of Topliss-reactive ketones (excluding diaryl/α,β-unsaturated/α-hetero) is 1. The van der Waals surface area contributed by atoms with E-state index in [4.69, 9.17) is 0 Å². The molecule has 0 heterocycles. The number of hydrogen-bond acceptors (Lipinski definition) is 2. The largest absolute Gasteiger partial charge is 0.300 e. The molecule has 0 bridgehead atoms. The third-order valence-electron chi connectivity index (χ3n) is 3.08. The van der Waals surface area contributed by atoms with Crippen LogP contribution in [0.1, 0.15) is 13.3 Å². The first-order chi connectivity index (χ1) is 7.48. The van der Waals surface area contributed by atoms with E-state index in [9.17, 15) is 4.79 Å². The Morgan fingerprint density at radius 1 is 1.31 bits per heavy atom. The highest BCUT2D eigenvalue weighted by atomic mass is 32.2. The first-order valence-corrected chi connectivity index (χ1v) is 9.92. The molecular formula is C13H20OSSi. The molecule has 0 radical (unpaired) electrons. The molecular weight excluding hydrogens is 232 g/mol. The van der Waals surface area contributed by atoms with Crippen LogP contribution in [0.15, 0.2) is 30.3 Å². The highest BCUT2D eigenvalue weighted by Crippen LogP contribution is 2.23. The van der Waals surface area contributed by atoms with Crippen molar-refractivity contribution >= 4 is 30.8 Å². The molecule has 1 aromatic carbocycles. The van der Waals surface area contributed by atoms with E-state index < -0.39 is 8.07 Å². The van der Waals surface area contributed by atoms with Gasteiger partial charge in [0, 0.05) is 11.3 Å². The van der Waals surface area contributed by atoms with Gasteiger partial charge in [0.2, 0.25) is 0 Å². The summed E-state index contributed by atoms with van der Waals surface area (Å²) < 4.78 is 0. The summed E-state index contributed by atoms with van der Waals surface area (Å²) in [6, 6.07) is 10.6. The molecule has 0 spiro atoms. The summed E-state index contributed by atoms with van der Waals surface area (Å²) in [5, 5.41) is 1.44. The summed E-state index contributed by atoms with van der Waals surface area (Å²) in [4.78, 5) is 11.8. The lowest BCUT2D eigenvalue weighted by Gasteiger charge is -2.31. The molecule has 3 heteroatoms. The standard InChI is InChI=1S/C13H20OSSi/c1-11(14)10-13(15-2)16(3,4)12-8-6-5-7-9-12/h5-9,13H,10H2,1-4H3. The molecule has 0 aliphatic heterocycles. The van der Waals surface area contributed by atoms with Crippen molar-refractivity contribution in [1.82, 2.24) is 0 Å². The fraction of sp³-hybridized carbons (Fsp3) is 0.462. The summed E-state index contributed by atoms with van der Waals surface area (Å²) in [6.07, 6.45) is 2.82. The number of thioether (sulfide) groups is 1. The van der Waals surface area contributed by atoms with Crippen molar-refractivity contribution in [2.45, 2.75) is 31.3 Å². The van der Waals surface area contributed by atoms with Gasteiger partial charge < -0.3 is 0 Å². The third kappa shape index (κ3) is 3.22. The second-order valence-electron chi connectivity index (χ2n) is 4.72. The molecule has 0 saturated heterocycles. The number of hydrogen-bond donors (Lipinski definition) is 0. The van der Waals surface area contributed by atoms with Crippen molar-refractivity contribution in [2.24, 2.45) is 0 Å². The maximum Gasteiger partial charge on any atom is 0.130 e. The van der Waals surface area contributed by atoms with Crippen molar-refractivity contribution < 1.29 is 4.79 Å². The van der Waals surface area contributed by atoms with Crippen LogP contribution in [0.2, 0.25) is 13.1 Å². The Morgan fingerprint density at radius 3 is 2.31 bits per heavy atom. The van der Waals surface area contributed by atoms with Crippen LogP contribution in [0, 0.1) is 0 Å². The Hall–Kier alpha value is -0.543. The van der Waals surface area contributed by atoms with Gasteiger partial charge in [0.15, 0.2) is 0 Å². The number of carbonyl (C=O) groups excluding carboxylic acids is 1. The summed E-state index contributed by atoms with van der Waals surface area (Å²) in [7, 11) is -1.53. The number of carbonyl (C=O) groups is 1. The minimum absolute atomic E-state index is 0.302. The van der Waals surface area contributed by atoms with Crippen LogP contribution in [-0.4, -0.2) is 25.0 Å². The third-order valence-corrected chi connectivity index (χ3v) is 9.93. The summed E-state index contributed by atoms with van der Waals surface area (Å²) in [5.74, 6) is 0.302. The molecule has 16 heavy (non-hydrogen) atoms. The molecule has 0 aliphatic carbocycles. The van der Waals surface area contributed by atoms with E-state index in [1.54, 1.807) is 6.92 Å². The van der Waals surface area contributed by atoms with Gasteiger partial charge in [-0.15, -0.1) is 0 Å². The molecule has 1 nitrogen and oxygen atoms in total. The van der Waals surface area contributed by atoms with Crippen LogP contribution < -0.4 is 5.19 Å². The Kier molecular flexibility index (Phi) is 4.81. The predicted octanol–water partition coefficient (Wildman–Crippen LogP) is 2.85. The summed E-state index contributed by atoms with van der Waals surface area (Å²) >= 11 is 1.84. The average Bonchev–Trinajstić information content (AvgIpc) is 2.26. The van der Waals surface area contributed by atoms with Crippen LogP contribution in [0.3, 0.4) is 0 Å². The van der Waals surface area contributed by atoms with Crippen LogP contribution in [0.5, 0.6) is 0 Å². The Bertz CT molecular complexity index is 348. The molecule has 1 atom stereocenters. The van der Waals surface area contributed by atoms with Crippen molar-refractivity contribution in [2.75, 3.05) is 6.26 Å². The molecule has 88 valence electrons. The fourth-order valence-corrected chi connectivity index (χ4v) is 7.34. The molecule has 0 fully saturated rings. The van der Waals surface area contributed by atoms with Gasteiger partial charge in [-0.1, -0.05) is 48.6 Å². The number of benzene rings is 1.